The van der Waals surface area contributed by atoms with Gasteiger partial charge in [0.25, 0.3) is 0 Å². The van der Waals surface area contributed by atoms with Crippen LogP contribution in [-0.4, -0.2) is 63.3 Å². The summed E-state index contributed by atoms with van der Waals surface area (Å²) in [5.74, 6) is 5.18. The summed E-state index contributed by atoms with van der Waals surface area (Å²) >= 11 is 10.0. The topological polar surface area (TPSA) is 212 Å². The molecule has 0 amide bonds. The first-order valence-corrected chi connectivity index (χ1v) is 33.4. The lowest BCUT2D eigenvalue weighted by molar-refractivity contribution is 0.392. The maximum Gasteiger partial charge on any atom is 0.191 e. The highest BCUT2D eigenvalue weighted by Gasteiger charge is 2.04. The van der Waals surface area contributed by atoms with Gasteiger partial charge in [0.05, 0.1) is 83.4 Å². The Labute approximate surface area is 549 Å². The van der Waals surface area contributed by atoms with Crippen LogP contribution in [0, 0.1) is 222 Å². The molecule has 0 radical (unpaired) electrons. The van der Waals surface area contributed by atoms with Crippen LogP contribution >= 0.6 is 68.6 Å². The quantitative estimate of drug-likeness (QED) is 0.138. The molecule has 11 aromatic rings. The molecule has 23 heteroatoms. The monoisotopic (exact) mass is 1320 g/mol. The minimum absolute atomic E-state index is 0.750. The molecule has 0 saturated heterocycles. The zero-order valence-corrected chi connectivity index (χ0v) is 63.8. The van der Waals surface area contributed by atoms with Crippen molar-refractivity contribution in [3.05, 3.63) is 175 Å². The molecule has 0 aliphatic rings. The predicted octanol–water partition coefficient (Wildman–Crippen LogP) is 19.2. The first-order chi connectivity index (χ1) is 40.8. The molecule has 0 aliphatic carbocycles. The Morgan fingerprint density at radius 2 is 0.568 bits per heavy atom. The first-order valence-electron chi connectivity index (χ1n) is 28.6. The van der Waals surface area contributed by atoms with E-state index in [0.29, 0.717) is 0 Å². The van der Waals surface area contributed by atoms with Crippen molar-refractivity contribution in [2.24, 2.45) is 7.05 Å². The highest BCUT2D eigenvalue weighted by Crippen LogP contribution is 2.19. The fourth-order valence-corrected chi connectivity index (χ4v) is 10.9. The number of thiazole rings is 3. The second kappa shape index (κ2) is 39.0. The van der Waals surface area contributed by atoms with Crippen molar-refractivity contribution in [1.82, 2.24) is 63.3 Å². The van der Waals surface area contributed by atoms with Gasteiger partial charge in [-0.3, -0.25) is 4.68 Å². The maximum absolute atomic E-state index is 5.10. The minimum Gasteiger partial charge on any atom is -0.446 e. The van der Waals surface area contributed by atoms with Gasteiger partial charge in [-0.1, -0.05) is 15.5 Å². The normalized spacial score (nSPS) is 9.88. The van der Waals surface area contributed by atoms with Gasteiger partial charge >= 0.3 is 0 Å². The summed E-state index contributed by atoms with van der Waals surface area (Å²) in [7, 11) is 1.88. The van der Waals surface area contributed by atoms with E-state index in [1.807, 2.05) is 166 Å². The number of rotatable bonds is 0. The van der Waals surface area contributed by atoms with Crippen LogP contribution < -0.4 is 0 Å². The molecule has 0 saturated carbocycles. The van der Waals surface area contributed by atoms with Gasteiger partial charge in [-0.05, 0) is 259 Å². The lowest BCUT2D eigenvalue weighted by Gasteiger charge is -1.87. The van der Waals surface area contributed by atoms with Crippen LogP contribution in [0.15, 0.2) is 17.9 Å². The second-order valence-electron chi connectivity index (χ2n) is 21.0. The molecule has 0 aliphatic heterocycles. The van der Waals surface area contributed by atoms with Gasteiger partial charge in [-0.25, -0.2) is 24.9 Å². The molecular formula is C65H99N13O4S6. The van der Waals surface area contributed by atoms with E-state index in [-0.39, 0.29) is 0 Å². The van der Waals surface area contributed by atoms with Crippen LogP contribution in [-0.2, 0) is 7.05 Å². The van der Waals surface area contributed by atoms with Gasteiger partial charge in [-0.15, -0.1) is 39.1 Å². The number of hydrogen-bond acceptors (Lipinski definition) is 22. The van der Waals surface area contributed by atoms with E-state index in [1.165, 1.54) is 95.1 Å². The van der Waals surface area contributed by atoms with Gasteiger partial charge in [0.1, 0.15) is 23.0 Å². The van der Waals surface area contributed by atoms with Crippen molar-refractivity contribution >= 4 is 68.6 Å². The SMILES string of the molecule is Cc1nc(C)c(C)o1.Cc1nc(C)c(C)o1.Cc1nc(C)c(C)s1.Cc1nc(C)c(C)s1.Cc1nc(C)c(C)s1.Cc1nnn(C)c1C.Cc1noc(C)c1C.Cc1noc(C)c1C.Cc1nsc(C)c1C.Cc1nsc(C)c1C.Cc1nsc(C)c1C. The van der Waals surface area contributed by atoms with Crippen LogP contribution in [0.5, 0.6) is 0 Å². The van der Waals surface area contributed by atoms with E-state index < -0.39 is 0 Å². The molecule has 11 aromatic heterocycles. The zero-order chi connectivity index (χ0) is 67.6. The number of aryl methyl sites for hydroxylation is 27. The Morgan fingerprint density at radius 3 is 0.625 bits per heavy atom. The highest BCUT2D eigenvalue weighted by atomic mass is 32.1. The summed E-state index contributed by atoms with van der Waals surface area (Å²) in [4.78, 5) is 28.8. The van der Waals surface area contributed by atoms with E-state index in [9.17, 15) is 0 Å². The minimum atomic E-state index is 0.750. The Balaban J connectivity index is 0.000000484. The van der Waals surface area contributed by atoms with Gasteiger partial charge in [0, 0.05) is 61.3 Å². The fourth-order valence-electron chi connectivity index (χ4n) is 6.32. The summed E-state index contributed by atoms with van der Waals surface area (Å²) < 4.78 is 34.1. The molecule has 0 spiro atoms. The molecule has 11 heterocycles. The number of oxazole rings is 2. The number of nitrogens with zero attached hydrogens (tertiary/aromatic N) is 13. The number of aromatic nitrogens is 13. The van der Waals surface area contributed by atoms with Crippen LogP contribution in [0.3, 0.4) is 0 Å². The van der Waals surface area contributed by atoms with Gasteiger partial charge in [0.2, 0.25) is 0 Å². The molecule has 0 fully saturated rings. The zero-order valence-electron chi connectivity index (χ0n) is 58.9. The van der Waals surface area contributed by atoms with Crippen molar-refractivity contribution in [1.29, 1.82) is 0 Å². The second-order valence-corrected chi connectivity index (χ2v) is 28.2. The van der Waals surface area contributed by atoms with Crippen LogP contribution in [0.4, 0.5) is 0 Å². The summed E-state index contributed by atoms with van der Waals surface area (Å²) in [5, 5.41) is 18.6. The van der Waals surface area contributed by atoms with E-state index in [4.69, 9.17) is 17.9 Å². The van der Waals surface area contributed by atoms with Crippen molar-refractivity contribution in [2.45, 2.75) is 222 Å². The van der Waals surface area contributed by atoms with Gasteiger partial charge in [0.15, 0.2) is 11.8 Å². The molecule has 0 bridgehead atoms. The molecule has 0 aromatic carbocycles. The Morgan fingerprint density at radius 1 is 0.284 bits per heavy atom. The molecule has 0 unspecified atom stereocenters. The smallest absolute Gasteiger partial charge is 0.191 e. The summed E-state index contributed by atoms with van der Waals surface area (Å²) in [6, 6.07) is 0. The maximum atomic E-state index is 5.10. The van der Waals surface area contributed by atoms with E-state index in [2.05, 4.69) is 121 Å². The third kappa shape index (κ3) is 28.5. The van der Waals surface area contributed by atoms with E-state index >= 15 is 0 Å². The molecule has 0 atom stereocenters. The third-order valence-electron chi connectivity index (χ3n) is 14.0. The largest absolute Gasteiger partial charge is 0.446 e. The van der Waals surface area contributed by atoms with Gasteiger partial charge < -0.3 is 17.9 Å². The third-order valence-corrected chi connectivity index (χ3v) is 19.8. The average Bonchev–Trinajstić information content (AvgIpc) is 4.43. The lowest BCUT2D eigenvalue weighted by Crippen LogP contribution is -1.92. The Hall–Kier alpha value is -6.24. The number of hydrogen-bond donors (Lipinski definition) is 0. The average molecular weight is 1320 g/mol. The van der Waals surface area contributed by atoms with E-state index in [1.54, 1.807) is 73.3 Å². The molecule has 0 N–H and O–H groups in total. The molecule has 17 nitrogen and oxygen atoms in total. The lowest BCUT2D eigenvalue weighted by atomic mass is 10.2. The van der Waals surface area contributed by atoms with Crippen molar-refractivity contribution in [3.8, 4) is 0 Å². The molecule has 11 rings (SSSR count). The summed E-state index contributed by atoms with van der Waals surface area (Å²) in [6.07, 6.45) is 0. The standard InChI is InChI=1S/4C6H9NO.6C6H9NS.C5H9N3/c2*1-4-5(2)8-6(3)7-4;2*1-4-5(2)7-8-6(4)3;3*1-4-5(2)8-6(3)7-4;3*1-4-5(2)7-8-6(4)3;1-4-5(2)8(3)7-6-4/h11*1-3H3. The van der Waals surface area contributed by atoms with Crippen LogP contribution in [0.1, 0.15) is 175 Å². The van der Waals surface area contributed by atoms with Crippen LogP contribution in [0.25, 0.3) is 0 Å². The summed E-state index contributed by atoms with van der Waals surface area (Å²) in [5.41, 5.74) is 19.5. The molecular weight excluding hydrogens is 1220 g/mol. The Kier molecular flexibility index (Phi) is 35.4. The van der Waals surface area contributed by atoms with Crippen molar-refractivity contribution in [2.75, 3.05) is 0 Å². The fraction of sp³-hybridized carbons (Fsp3) is 0.508. The van der Waals surface area contributed by atoms with Crippen molar-refractivity contribution < 1.29 is 17.9 Å². The van der Waals surface area contributed by atoms with E-state index in [0.717, 1.165) is 80.1 Å². The van der Waals surface area contributed by atoms with Gasteiger partial charge in [-0.2, -0.15) is 13.1 Å². The van der Waals surface area contributed by atoms with Crippen LogP contribution in [0.2, 0.25) is 0 Å². The first kappa shape index (κ1) is 79.8. The summed E-state index contributed by atoms with van der Waals surface area (Å²) in [6.45, 7) is 64.3. The molecule has 88 heavy (non-hydrogen) atoms. The molecule has 484 valence electrons. The Bertz CT molecular complexity index is 2980. The van der Waals surface area contributed by atoms with Crippen molar-refractivity contribution in [3.63, 3.8) is 0 Å². The highest BCUT2D eigenvalue weighted by molar-refractivity contribution is 7.12. The predicted molar refractivity (Wildman–Crippen MR) is 371 cm³/mol.